The fourth-order valence-electron chi connectivity index (χ4n) is 1.72. The van der Waals surface area contributed by atoms with E-state index >= 15 is 0 Å². The number of ketones is 1. The van der Waals surface area contributed by atoms with Crippen molar-refractivity contribution in [2.45, 2.75) is 25.2 Å². The molecule has 5 heteroatoms. The number of hydrogen-bond donors (Lipinski definition) is 0. The Morgan fingerprint density at radius 1 is 1.50 bits per heavy atom. The monoisotopic (exact) mass is 211 g/mol. The first kappa shape index (κ1) is 9.33. The molecule has 0 aromatic carbocycles. The lowest BCUT2D eigenvalue weighted by Crippen LogP contribution is -1.90. The van der Waals surface area contributed by atoms with Crippen LogP contribution in [0.15, 0.2) is 12.1 Å². The quantitative estimate of drug-likeness (QED) is 0.557. The molecule has 0 aliphatic heterocycles. The summed E-state index contributed by atoms with van der Waals surface area (Å²) in [6.07, 6.45) is 2.02. The first-order valence-corrected chi connectivity index (χ1v) is 5.24. The Hall–Kier alpha value is -1.23. The average Bonchev–Trinajstić information content (AvgIpc) is 2.70. The van der Waals surface area contributed by atoms with E-state index in [2.05, 4.69) is 0 Å². The molecule has 74 valence electrons. The van der Waals surface area contributed by atoms with Gasteiger partial charge < -0.3 is 0 Å². The predicted molar refractivity (Wildman–Crippen MR) is 52.6 cm³/mol. The molecule has 1 saturated carbocycles. The lowest BCUT2D eigenvalue weighted by Gasteiger charge is -2.01. The fraction of sp³-hybridized carbons (Fsp3) is 0.444. The van der Waals surface area contributed by atoms with Crippen molar-refractivity contribution in [1.82, 2.24) is 0 Å². The third-order valence-corrected chi connectivity index (χ3v) is 3.64. The number of Topliss-reactive ketones (excluding diaryl/α,β-unsaturated/α-hetero) is 1. The summed E-state index contributed by atoms with van der Waals surface area (Å²) < 4.78 is 0. The average molecular weight is 211 g/mol. The van der Waals surface area contributed by atoms with Gasteiger partial charge in [-0.05, 0) is 12.5 Å². The maximum absolute atomic E-state index is 11.0. The number of thiophene rings is 1. The topological polar surface area (TPSA) is 60.2 Å². The number of nitro groups is 1. The molecule has 1 atom stereocenters. The molecule has 1 heterocycles. The Bertz CT molecular complexity index is 385. The summed E-state index contributed by atoms with van der Waals surface area (Å²) in [6.45, 7) is 0. The Kier molecular flexibility index (Phi) is 2.33. The minimum Gasteiger partial charge on any atom is -0.300 e. The second-order valence-corrected chi connectivity index (χ2v) is 4.51. The number of nitrogens with zero attached hydrogens (tertiary/aromatic N) is 1. The van der Waals surface area contributed by atoms with Crippen LogP contribution in [-0.2, 0) is 4.79 Å². The molecular formula is C9H9NO3S. The standard InChI is InChI=1S/C9H9NO3S/c11-7-2-1-6(5-7)8-3-4-9(14-8)10(12)13/h3-4,6H,1-2,5H2. The molecular weight excluding hydrogens is 202 g/mol. The van der Waals surface area contributed by atoms with Gasteiger partial charge in [0.1, 0.15) is 5.78 Å². The molecule has 0 N–H and O–H groups in total. The lowest BCUT2D eigenvalue weighted by atomic mass is 10.1. The smallest absolute Gasteiger partial charge is 0.300 e. The highest BCUT2D eigenvalue weighted by molar-refractivity contribution is 7.15. The molecule has 0 saturated heterocycles. The van der Waals surface area contributed by atoms with E-state index in [9.17, 15) is 14.9 Å². The highest BCUT2D eigenvalue weighted by atomic mass is 32.1. The van der Waals surface area contributed by atoms with Crippen LogP contribution in [-0.4, -0.2) is 10.7 Å². The maximum atomic E-state index is 11.0. The van der Waals surface area contributed by atoms with Gasteiger partial charge in [-0.25, -0.2) is 0 Å². The highest BCUT2D eigenvalue weighted by Gasteiger charge is 2.26. The van der Waals surface area contributed by atoms with Crippen LogP contribution in [0.3, 0.4) is 0 Å². The third kappa shape index (κ3) is 1.68. The molecule has 2 rings (SSSR count). The summed E-state index contributed by atoms with van der Waals surface area (Å²) in [6, 6.07) is 3.29. The van der Waals surface area contributed by atoms with Gasteiger partial charge in [0.25, 0.3) is 0 Å². The van der Waals surface area contributed by atoms with Crippen molar-refractivity contribution >= 4 is 22.1 Å². The van der Waals surface area contributed by atoms with E-state index in [1.54, 1.807) is 6.07 Å². The first-order valence-electron chi connectivity index (χ1n) is 4.42. The number of carbonyl (C=O) groups is 1. The van der Waals surface area contributed by atoms with Crippen LogP contribution in [0.5, 0.6) is 0 Å². The summed E-state index contributed by atoms with van der Waals surface area (Å²) >= 11 is 1.19. The number of carbonyl (C=O) groups excluding carboxylic acids is 1. The Morgan fingerprint density at radius 2 is 2.29 bits per heavy atom. The SMILES string of the molecule is O=C1CCC(c2ccc([N+](=O)[O-])s2)C1. The molecule has 1 aliphatic rings. The van der Waals surface area contributed by atoms with E-state index in [1.165, 1.54) is 17.4 Å². The lowest BCUT2D eigenvalue weighted by molar-refractivity contribution is -0.380. The zero-order valence-corrected chi connectivity index (χ0v) is 8.25. The van der Waals surface area contributed by atoms with Gasteiger partial charge in [-0.1, -0.05) is 11.3 Å². The predicted octanol–water partition coefficient (Wildman–Crippen LogP) is 2.49. The molecule has 1 aliphatic carbocycles. The van der Waals surface area contributed by atoms with E-state index in [1.807, 2.05) is 0 Å². The van der Waals surface area contributed by atoms with Gasteiger partial charge in [-0.2, -0.15) is 0 Å². The summed E-state index contributed by atoms with van der Waals surface area (Å²) in [5, 5.41) is 10.6. The Balaban J connectivity index is 2.17. The van der Waals surface area contributed by atoms with Gasteiger partial charge in [0, 0.05) is 29.7 Å². The second kappa shape index (κ2) is 3.49. The Labute approximate surface area is 84.7 Å². The van der Waals surface area contributed by atoms with Crippen LogP contribution in [0.4, 0.5) is 5.00 Å². The summed E-state index contributed by atoms with van der Waals surface area (Å²) in [5.41, 5.74) is 0. The molecule has 1 unspecified atom stereocenters. The van der Waals surface area contributed by atoms with Crippen molar-refractivity contribution in [3.05, 3.63) is 27.1 Å². The molecule has 1 aromatic heterocycles. The maximum Gasteiger partial charge on any atom is 0.324 e. The van der Waals surface area contributed by atoms with Crippen molar-refractivity contribution < 1.29 is 9.72 Å². The van der Waals surface area contributed by atoms with Crippen LogP contribution < -0.4 is 0 Å². The van der Waals surface area contributed by atoms with Gasteiger partial charge in [0.15, 0.2) is 0 Å². The summed E-state index contributed by atoms with van der Waals surface area (Å²) in [7, 11) is 0. The van der Waals surface area contributed by atoms with E-state index in [4.69, 9.17) is 0 Å². The third-order valence-electron chi connectivity index (χ3n) is 2.44. The van der Waals surface area contributed by atoms with E-state index in [0.29, 0.717) is 12.8 Å². The summed E-state index contributed by atoms with van der Waals surface area (Å²) in [5.74, 6) is 0.493. The summed E-state index contributed by atoms with van der Waals surface area (Å²) in [4.78, 5) is 22.1. The minimum atomic E-state index is -0.384. The molecule has 0 radical (unpaired) electrons. The van der Waals surface area contributed by atoms with Crippen molar-refractivity contribution in [3.63, 3.8) is 0 Å². The molecule has 4 nitrogen and oxygen atoms in total. The van der Waals surface area contributed by atoms with Gasteiger partial charge in [0.05, 0.1) is 4.92 Å². The van der Waals surface area contributed by atoms with Crippen LogP contribution in [0.25, 0.3) is 0 Å². The molecule has 0 bridgehead atoms. The van der Waals surface area contributed by atoms with Crippen LogP contribution >= 0.6 is 11.3 Å². The normalized spacial score (nSPS) is 21.4. The molecule has 14 heavy (non-hydrogen) atoms. The van der Waals surface area contributed by atoms with Crippen molar-refractivity contribution in [2.75, 3.05) is 0 Å². The fourth-order valence-corrected chi connectivity index (χ4v) is 2.67. The van der Waals surface area contributed by atoms with Gasteiger partial charge in [-0.15, -0.1) is 0 Å². The van der Waals surface area contributed by atoms with E-state index < -0.39 is 0 Å². The number of hydrogen-bond acceptors (Lipinski definition) is 4. The largest absolute Gasteiger partial charge is 0.324 e. The second-order valence-electron chi connectivity index (χ2n) is 3.41. The minimum absolute atomic E-state index is 0.166. The van der Waals surface area contributed by atoms with Crippen molar-refractivity contribution in [1.29, 1.82) is 0 Å². The number of rotatable bonds is 2. The van der Waals surface area contributed by atoms with Crippen LogP contribution in [0, 0.1) is 10.1 Å². The molecule has 1 aromatic rings. The first-order chi connectivity index (χ1) is 6.66. The van der Waals surface area contributed by atoms with Crippen molar-refractivity contribution in [3.8, 4) is 0 Å². The molecule has 0 amide bonds. The molecule has 0 spiro atoms. The van der Waals surface area contributed by atoms with Crippen LogP contribution in [0.1, 0.15) is 30.1 Å². The Morgan fingerprint density at radius 3 is 2.79 bits per heavy atom. The van der Waals surface area contributed by atoms with Crippen molar-refractivity contribution in [2.24, 2.45) is 0 Å². The highest BCUT2D eigenvalue weighted by Crippen LogP contribution is 2.38. The van der Waals surface area contributed by atoms with Gasteiger partial charge in [-0.3, -0.25) is 14.9 Å². The molecule has 1 fully saturated rings. The van der Waals surface area contributed by atoms with Gasteiger partial charge in [0.2, 0.25) is 0 Å². The van der Waals surface area contributed by atoms with E-state index in [-0.39, 0.29) is 21.6 Å². The zero-order valence-electron chi connectivity index (χ0n) is 7.43. The van der Waals surface area contributed by atoms with Crippen LogP contribution in [0.2, 0.25) is 0 Å². The zero-order chi connectivity index (χ0) is 10.1. The van der Waals surface area contributed by atoms with Gasteiger partial charge >= 0.3 is 5.00 Å². The van der Waals surface area contributed by atoms with E-state index in [0.717, 1.165) is 11.3 Å².